The highest BCUT2D eigenvalue weighted by Crippen LogP contribution is 2.25. The molecule has 1 atom stereocenters. The SMILES string of the molecule is CCC(OC(=O)c1ccccc1SCC(=O)Nc1cccc(OC)c1)C(=O)Nc1cc(C)on1. The Balaban J connectivity index is 1.61. The van der Waals surface area contributed by atoms with Crippen LogP contribution in [0.2, 0.25) is 0 Å². The minimum atomic E-state index is -1.01. The van der Waals surface area contributed by atoms with Crippen molar-refractivity contribution < 1.29 is 28.4 Å². The zero-order chi connectivity index (χ0) is 24.5. The first-order chi connectivity index (χ1) is 16.4. The lowest BCUT2D eigenvalue weighted by molar-refractivity contribution is -0.124. The second kappa shape index (κ2) is 11.9. The van der Waals surface area contributed by atoms with E-state index in [1.165, 1.54) is 11.8 Å². The van der Waals surface area contributed by atoms with Gasteiger partial charge in [0.05, 0.1) is 18.4 Å². The number of amides is 2. The van der Waals surface area contributed by atoms with Crippen molar-refractivity contribution >= 4 is 41.1 Å². The fourth-order valence-electron chi connectivity index (χ4n) is 2.95. The van der Waals surface area contributed by atoms with Gasteiger partial charge in [-0.05, 0) is 37.6 Å². The number of aromatic nitrogens is 1. The number of carbonyl (C=O) groups excluding carboxylic acids is 3. The summed E-state index contributed by atoms with van der Waals surface area (Å²) in [6.07, 6.45) is -0.744. The van der Waals surface area contributed by atoms with Crippen LogP contribution < -0.4 is 15.4 Å². The fourth-order valence-corrected chi connectivity index (χ4v) is 3.79. The Kier molecular flexibility index (Phi) is 8.69. The van der Waals surface area contributed by atoms with Crippen LogP contribution >= 0.6 is 11.8 Å². The van der Waals surface area contributed by atoms with E-state index in [-0.39, 0.29) is 29.5 Å². The van der Waals surface area contributed by atoms with Gasteiger partial charge >= 0.3 is 5.97 Å². The lowest BCUT2D eigenvalue weighted by Gasteiger charge is -2.16. The maximum atomic E-state index is 12.8. The smallest absolute Gasteiger partial charge is 0.340 e. The summed E-state index contributed by atoms with van der Waals surface area (Å²) in [5, 5.41) is 9.07. The maximum absolute atomic E-state index is 12.8. The Morgan fingerprint density at radius 3 is 2.59 bits per heavy atom. The van der Waals surface area contributed by atoms with Crippen LogP contribution in [-0.4, -0.2) is 41.9 Å². The van der Waals surface area contributed by atoms with Gasteiger partial charge in [0.2, 0.25) is 5.91 Å². The molecule has 9 nitrogen and oxygen atoms in total. The first-order valence-corrected chi connectivity index (χ1v) is 11.5. The molecule has 10 heteroatoms. The molecule has 0 saturated carbocycles. The third-order valence-corrected chi connectivity index (χ3v) is 5.68. The summed E-state index contributed by atoms with van der Waals surface area (Å²) in [7, 11) is 1.55. The average Bonchev–Trinajstić information content (AvgIpc) is 3.25. The van der Waals surface area contributed by atoms with Crippen LogP contribution in [0.15, 0.2) is 64.0 Å². The molecule has 3 rings (SSSR count). The number of nitrogens with one attached hydrogen (secondary N) is 2. The normalized spacial score (nSPS) is 11.4. The maximum Gasteiger partial charge on any atom is 0.340 e. The van der Waals surface area contributed by atoms with E-state index in [4.69, 9.17) is 14.0 Å². The molecule has 0 aliphatic rings. The van der Waals surface area contributed by atoms with E-state index >= 15 is 0 Å². The van der Waals surface area contributed by atoms with Crippen molar-refractivity contribution in [1.29, 1.82) is 0 Å². The highest BCUT2D eigenvalue weighted by atomic mass is 32.2. The van der Waals surface area contributed by atoms with Gasteiger partial charge in [0.1, 0.15) is 11.5 Å². The molecule has 1 aromatic heterocycles. The van der Waals surface area contributed by atoms with E-state index in [9.17, 15) is 14.4 Å². The molecule has 2 N–H and O–H groups in total. The summed E-state index contributed by atoms with van der Waals surface area (Å²) in [5.41, 5.74) is 0.877. The van der Waals surface area contributed by atoms with Crippen LogP contribution in [-0.2, 0) is 14.3 Å². The number of thioether (sulfide) groups is 1. The zero-order valence-electron chi connectivity index (χ0n) is 19.0. The summed E-state index contributed by atoms with van der Waals surface area (Å²) in [6.45, 7) is 3.43. The van der Waals surface area contributed by atoms with Gasteiger partial charge in [0, 0.05) is 22.7 Å². The fraction of sp³-hybridized carbons (Fsp3) is 0.250. The van der Waals surface area contributed by atoms with Crippen molar-refractivity contribution in [3.8, 4) is 5.75 Å². The van der Waals surface area contributed by atoms with Crippen molar-refractivity contribution in [2.45, 2.75) is 31.3 Å². The molecule has 0 aliphatic carbocycles. The molecule has 0 radical (unpaired) electrons. The minimum Gasteiger partial charge on any atom is -0.497 e. The van der Waals surface area contributed by atoms with Crippen LogP contribution in [0, 0.1) is 6.92 Å². The molecule has 34 heavy (non-hydrogen) atoms. The Labute approximate surface area is 201 Å². The van der Waals surface area contributed by atoms with E-state index in [0.29, 0.717) is 22.1 Å². The molecule has 0 spiro atoms. The van der Waals surface area contributed by atoms with E-state index in [1.807, 2.05) is 0 Å². The number of hydrogen-bond acceptors (Lipinski definition) is 8. The van der Waals surface area contributed by atoms with Gasteiger partial charge in [0.25, 0.3) is 5.91 Å². The molecule has 3 aromatic rings. The summed E-state index contributed by atoms with van der Waals surface area (Å²) in [4.78, 5) is 38.3. The topological polar surface area (TPSA) is 120 Å². The van der Waals surface area contributed by atoms with Gasteiger partial charge in [-0.25, -0.2) is 4.79 Å². The van der Waals surface area contributed by atoms with E-state index < -0.39 is 18.0 Å². The van der Waals surface area contributed by atoms with Crippen LogP contribution in [0.25, 0.3) is 0 Å². The van der Waals surface area contributed by atoms with Crippen molar-refractivity contribution in [2.75, 3.05) is 23.5 Å². The molecule has 2 amide bonds. The number of aryl methyl sites for hydroxylation is 1. The van der Waals surface area contributed by atoms with Gasteiger partial charge in [-0.2, -0.15) is 0 Å². The number of benzene rings is 2. The Morgan fingerprint density at radius 2 is 1.88 bits per heavy atom. The van der Waals surface area contributed by atoms with Gasteiger partial charge in [-0.3, -0.25) is 9.59 Å². The van der Waals surface area contributed by atoms with Gasteiger partial charge < -0.3 is 24.6 Å². The number of methoxy groups -OCH3 is 1. The lowest BCUT2D eigenvalue weighted by atomic mass is 10.2. The molecule has 1 unspecified atom stereocenters. The Bertz CT molecular complexity index is 1160. The summed E-state index contributed by atoms with van der Waals surface area (Å²) < 4.78 is 15.5. The van der Waals surface area contributed by atoms with Crippen molar-refractivity contribution in [2.24, 2.45) is 0 Å². The van der Waals surface area contributed by atoms with Crippen molar-refractivity contribution in [3.05, 3.63) is 65.9 Å². The number of carbonyl (C=O) groups is 3. The predicted octanol–water partition coefficient (Wildman–Crippen LogP) is 4.30. The second-order valence-corrected chi connectivity index (χ2v) is 8.20. The third-order valence-electron chi connectivity index (χ3n) is 4.61. The Morgan fingerprint density at radius 1 is 1.09 bits per heavy atom. The standard InChI is InChI=1S/C24H25N3O6S/c1-4-19(23(29)26-21-12-15(2)33-27-21)32-24(30)18-10-5-6-11-20(18)34-14-22(28)25-16-8-7-9-17(13-16)31-3/h5-13,19H,4,14H2,1-3H3,(H,25,28)(H,26,27,29). The quantitative estimate of drug-likeness (QED) is 0.324. The van der Waals surface area contributed by atoms with E-state index in [0.717, 1.165) is 0 Å². The van der Waals surface area contributed by atoms with Crippen LogP contribution in [0.4, 0.5) is 11.5 Å². The largest absolute Gasteiger partial charge is 0.497 e. The molecule has 0 aliphatic heterocycles. The predicted molar refractivity (Wildman–Crippen MR) is 128 cm³/mol. The highest BCUT2D eigenvalue weighted by Gasteiger charge is 2.24. The molecular weight excluding hydrogens is 458 g/mol. The average molecular weight is 484 g/mol. The van der Waals surface area contributed by atoms with Gasteiger partial charge in [-0.15, -0.1) is 11.8 Å². The van der Waals surface area contributed by atoms with Gasteiger partial charge in [-0.1, -0.05) is 30.3 Å². The summed E-state index contributed by atoms with van der Waals surface area (Å²) in [6, 6.07) is 15.4. The number of ether oxygens (including phenoxy) is 2. The number of anilines is 2. The zero-order valence-corrected chi connectivity index (χ0v) is 19.8. The number of esters is 1. The summed E-state index contributed by atoms with van der Waals surface area (Å²) in [5.74, 6) is 0.0882. The van der Waals surface area contributed by atoms with E-state index in [1.54, 1.807) is 75.6 Å². The molecule has 0 bridgehead atoms. The molecule has 0 fully saturated rings. The first kappa shape index (κ1) is 24.8. The minimum absolute atomic E-state index is 0.0741. The summed E-state index contributed by atoms with van der Waals surface area (Å²) >= 11 is 1.19. The molecular formula is C24H25N3O6S. The van der Waals surface area contributed by atoms with Crippen LogP contribution in [0.1, 0.15) is 29.5 Å². The van der Waals surface area contributed by atoms with Crippen LogP contribution in [0.5, 0.6) is 5.75 Å². The first-order valence-electron chi connectivity index (χ1n) is 10.5. The van der Waals surface area contributed by atoms with Crippen molar-refractivity contribution in [1.82, 2.24) is 5.16 Å². The second-order valence-electron chi connectivity index (χ2n) is 7.18. The van der Waals surface area contributed by atoms with E-state index in [2.05, 4.69) is 15.8 Å². The number of rotatable bonds is 10. The van der Waals surface area contributed by atoms with Crippen LogP contribution in [0.3, 0.4) is 0 Å². The lowest BCUT2D eigenvalue weighted by Crippen LogP contribution is -2.32. The molecule has 2 aromatic carbocycles. The highest BCUT2D eigenvalue weighted by molar-refractivity contribution is 8.00. The number of hydrogen-bond donors (Lipinski definition) is 2. The molecule has 178 valence electrons. The Hall–Kier alpha value is -3.79. The molecule has 0 saturated heterocycles. The monoisotopic (exact) mass is 483 g/mol. The number of nitrogens with zero attached hydrogens (tertiary/aromatic N) is 1. The van der Waals surface area contributed by atoms with Crippen molar-refractivity contribution in [3.63, 3.8) is 0 Å². The third kappa shape index (κ3) is 6.85. The van der Waals surface area contributed by atoms with Gasteiger partial charge in [0.15, 0.2) is 11.9 Å². The molecule has 1 heterocycles.